The number of nitrogens with zero attached hydrogens (tertiary/aromatic N) is 1. The van der Waals surface area contributed by atoms with E-state index >= 15 is 0 Å². The van der Waals surface area contributed by atoms with E-state index in [0.29, 0.717) is 12.5 Å². The molecule has 1 aliphatic rings. The lowest BCUT2D eigenvalue weighted by Gasteiger charge is -2.32. The SMILES string of the molecule is CCC(=O)N1CCC(Nc2ccccc2)CC1. The highest BCUT2D eigenvalue weighted by Gasteiger charge is 2.21. The normalized spacial score (nSPS) is 16.9. The topological polar surface area (TPSA) is 32.3 Å². The van der Waals surface area contributed by atoms with E-state index in [4.69, 9.17) is 0 Å². The molecule has 1 saturated heterocycles. The van der Waals surface area contributed by atoms with Gasteiger partial charge in [0.05, 0.1) is 0 Å². The summed E-state index contributed by atoms with van der Waals surface area (Å²) in [6, 6.07) is 10.8. The van der Waals surface area contributed by atoms with Gasteiger partial charge in [0, 0.05) is 31.2 Å². The number of carbonyl (C=O) groups excluding carboxylic acids is 1. The van der Waals surface area contributed by atoms with Crippen LogP contribution in [0.1, 0.15) is 26.2 Å². The second-order valence-electron chi connectivity index (χ2n) is 4.52. The van der Waals surface area contributed by atoms with Gasteiger partial charge in [0.15, 0.2) is 0 Å². The molecule has 2 rings (SSSR count). The zero-order valence-electron chi connectivity index (χ0n) is 10.4. The molecule has 1 aliphatic heterocycles. The van der Waals surface area contributed by atoms with E-state index < -0.39 is 0 Å². The molecule has 1 amide bonds. The van der Waals surface area contributed by atoms with E-state index in [2.05, 4.69) is 17.4 Å². The van der Waals surface area contributed by atoms with Gasteiger partial charge < -0.3 is 10.2 Å². The molecule has 0 unspecified atom stereocenters. The van der Waals surface area contributed by atoms with Gasteiger partial charge in [-0.15, -0.1) is 0 Å². The number of nitrogens with one attached hydrogen (secondary N) is 1. The Labute approximate surface area is 103 Å². The number of anilines is 1. The van der Waals surface area contributed by atoms with Crippen molar-refractivity contribution in [3.8, 4) is 0 Å². The minimum Gasteiger partial charge on any atom is -0.382 e. The Hall–Kier alpha value is -1.51. The smallest absolute Gasteiger partial charge is 0.222 e. The summed E-state index contributed by atoms with van der Waals surface area (Å²) in [7, 11) is 0. The Bertz CT molecular complexity index is 356. The van der Waals surface area contributed by atoms with Gasteiger partial charge in [-0.3, -0.25) is 4.79 Å². The fourth-order valence-corrected chi connectivity index (χ4v) is 2.27. The molecular weight excluding hydrogens is 212 g/mol. The van der Waals surface area contributed by atoms with Crippen molar-refractivity contribution in [1.29, 1.82) is 0 Å². The van der Waals surface area contributed by atoms with Crippen LogP contribution in [0.2, 0.25) is 0 Å². The van der Waals surface area contributed by atoms with Crippen LogP contribution in [0.4, 0.5) is 5.69 Å². The van der Waals surface area contributed by atoms with Gasteiger partial charge in [0.2, 0.25) is 5.91 Å². The van der Waals surface area contributed by atoms with Gasteiger partial charge in [-0.1, -0.05) is 25.1 Å². The van der Waals surface area contributed by atoms with Crippen molar-refractivity contribution in [1.82, 2.24) is 4.90 Å². The van der Waals surface area contributed by atoms with E-state index in [0.717, 1.165) is 25.9 Å². The molecule has 1 aromatic carbocycles. The lowest BCUT2D eigenvalue weighted by atomic mass is 10.0. The largest absolute Gasteiger partial charge is 0.382 e. The van der Waals surface area contributed by atoms with Crippen LogP contribution in [-0.4, -0.2) is 29.9 Å². The van der Waals surface area contributed by atoms with E-state index in [-0.39, 0.29) is 5.91 Å². The summed E-state index contributed by atoms with van der Waals surface area (Å²) in [5, 5.41) is 3.52. The standard InChI is InChI=1S/C14H20N2O/c1-2-14(17)16-10-8-13(9-11-16)15-12-6-4-3-5-7-12/h3-7,13,15H,2,8-11H2,1H3. The number of benzene rings is 1. The van der Waals surface area contributed by atoms with Gasteiger partial charge in [-0.2, -0.15) is 0 Å². The minimum absolute atomic E-state index is 0.281. The number of piperidine rings is 1. The van der Waals surface area contributed by atoms with Crippen LogP contribution in [0, 0.1) is 0 Å². The second-order valence-corrected chi connectivity index (χ2v) is 4.52. The average Bonchev–Trinajstić information content (AvgIpc) is 2.40. The van der Waals surface area contributed by atoms with Crippen LogP contribution in [-0.2, 0) is 4.79 Å². The molecule has 1 aromatic rings. The highest BCUT2D eigenvalue weighted by molar-refractivity contribution is 5.75. The molecule has 1 fully saturated rings. The average molecular weight is 232 g/mol. The molecule has 0 bridgehead atoms. The molecule has 1 heterocycles. The molecule has 0 radical (unpaired) electrons. The highest BCUT2D eigenvalue weighted by atomic mass is 16.2. The zero-order chi connectivity index (χ0) is 12.1. The third-order valence-electron chi connectivity index (χ3n) is 3.29. The lowest BCUT2D eigenvalue weighted by molar-refractivity contribution is -0.131. The van der Waals surface area contributed by atoms with Crippen LogP contribution in [0.15, 0.2) is 30.3 Å². The summed E-state index contributed by atoms with van der Waals surface area (Å²) < 4.78 is 0. The van der Waals surface area contributed by atoms with E-state index in [9.17, 15) is 4.79 Å². The van der Waals surface area contributed by atoms with Crippen LogP contribution in [0.25, 0.3) is 0 Å². The summed E-state index contributed by atoms with van der Waals surface area (Å²) in [4.78, 5) is 13.5. The van der Waals surface area contributed by atoms with Gasteiger partial charge in [-0.25, -0.2) is 0 Å². The van der Waals surface area contributed by atoms with Gasteiger partial charge in [0.1, 0.15) is 0 Å². The first-order valence-corrected chi connectivity index (χ1v) is 6.39. The van der Waals surface area contributed by atoms with Crippen LogP contribution in [0.3, 0.4) is 0 Å². The number of hydrogen-bond acceptors (Lipinski definition) is 2. The van der Waals surface area contributed by atoms with Crippen molar-refractivity contribution in [2.24, 2.45) is 0 Å². The third kappa shape index (κ3) is 3.22. The summed E-state index contributed by atoms with van der Waals surface area (Å²) in [5.41, 5.74) is 1.17. The van der Waals surface area contributed by atoms with Crippen LogP contribution < -0.4 is 5.32 Å². The Morgan fingerprint density at radius 1 is 1.29 bits per heavy atom. The summed E-state index contributed by atoms with van der Waals surface area (Å²) >= 11 is 0. The molecule has 0 spiro atoms. The quantitative estimate of drug-likeness (QED) is 0.868. The molecule has 92 valence electrons. The second kappa shape index (κ2) is 5.71. The highest BCUT2D eigenvalue weighted by Crippen LogP contribution is 2.16. The first-order chi connectivity index (χ1) is 8.29. The summed E-state index contributed by atoms with van der Waals surface area (Å²) in [5.74, 6) is 0.281. The molecular formula is C14H20N2O. The molecule has 0 saturated carbocycles. The molecule has 3 heteroatoms. The number of likely N-dealkylation sites (tertiary alicyclic amines) is 1. The third-order valence-corrected chi connectivity index (χ3v) is 3.29. The first-order valence-electron chi connectivity index (χ1n) is 6.39. The molecule has 1 N–H and O–H groups in total. The maximum atomic E-state index is 11.5. The number of para-hydroxylation sites is 1. The van der Waals surface area contributed by atoms with Gasteiger partial charge in [0.25, 0.3) is 0 Å². The number of amides is 1. The molecule has 0 aromatic heterocycles. The summed E-state index contributed by atoms with van der Waals surface area (Å²) in [6.07, 6.45) is 2.71. The van der Waals surface area contributed by atoms with Crippen molar-refractivity contribution in [2.45, 2.75) is 32.2 Å². The monoisotopic (exact) mass is 232 g/mol. The van der Waals surface area contributed by atoms with Gasteiger partial charge >= 0.3 is 0 Å². The molecule has 0 aliphatic carbocycles. The van der Waals surface area contributed by atoms with Gasteiger partial charge in [-0.05, 0) is 25.0 Å². The number of carbonyl (C=O) groups is 1. The fourth-order valence-electron chi connectivity index (χ4n) is 2.27. The lowest BCUT2D eigenvalue weighted by Crippen LogP contribution is -2.42. The maximum Gasteiger partial charge on any atom is 0.222 e. The van der Waals surface area contributed by atoms with Crippen molar-refractivity contribution >= 4 is 11.6 Å². The number of hydrogen-bond donors (Lipinski definition) is 1. The molecule has 17 heavy (non-hydrogen) atoms. The molecule has 3 nitrogen and oxygen atoms in total. The van der Waals surface area contributed by atoms with E-state index in [1.165, 1.54) is 5.69 Å². The van der Waals surface area contributed by atoms with Crippen LogP contribution in [0.5, 0.6) is 0 Å². The Morgan fingerprint density at radius 3 is 2.53 bits per heavy atom. The molecule has 0 atom stereocenters. The van der Waals surface area contributed by atoms with E-state index in [1.54, 1.807) is 0 Å². The van der Waals surface area contributed by atoms with Crippen molar-refractivity contribution < 1.29 is 4.79 Å². The predicted molar refractivity (Wildman–Crippen MR) is 70.0 cm³/mol. The summed E-state index contributed by atoms with van der Waals surface area (Å²) in [6.45, 7) is 3.70. The Balaban J connectivity index is 1.82. The van der Waals surface area contributed by atoms with Crippen molar-refractivity contribution in [3.05, 3.63) is 30.3 Å². The predicted octanol–water partition coefficient (Wildman–Crippen LogP) is 2.50. The Kier molecular flexibility index (Phi) is 4.02. The minimum atomic E-state index is 0.281. The van der Waals surface area contributed by atoms with Crippen molar-refractivity contribution in [3.63, 3.8) is 0 Å². The van der Waals surface area contributed by atoms with E-state index in [1.807, 2.05) is 30.0 Å². The maximum absolute atomic E-state index is 11.5. The number of rotatable bonds is 3. The fraction of sp³-hybridized carbons (Fsp3) is 0.500. The Morgan fingerprint density at radius 2 is 1.94 bits per heavy atom. The van der Waals surface area contributed by atoms with Crippen LogP contribution >= 0.6 is 0 Å². The zero-order valence-corrected chi connectivity index (χ0v) is 10.4. The van der Waals surface area contributed by atoms with Crippen molar-refractivity contribution in [2.75, 3.05) is 18.4 Å². The first kappa shape index (κ1) is 12.0.